The average Bonchev–Trinajstić information content (AvgIpc) is 4.05. The second kappa shape index (κ2) is 24.2. The Morgan fingerprint density at radius 2 is 1.59 bits per heavy atom. The van der Waals surface area contributed by atoms with Crippen LogP contribution < -0.4 is 31.3 Å². The maximum atomic E-state index is 13.8. The Kier molecular flexibility index (Phi) is 18.2. The van der Waals surface area contributed by atoms with Crippen LogP contribution in [0.1, 0.15) is 92.2 Å². The molecular weight excluding hydrogens is 956 g/mol. The van der Waals surface area contributed by atoms with Crippen molar-refractivity contribution in [2.45, 2.75) is 112 Å². The third kappa shape index (κ3) is 14.6. The van der Waals surface area contributed by atoms with Gasteiger partial charge in [-0.05, 0) is 111 Å². The summed E-state index contributed by atoms with van der Waals surface area (Å²) in [6.45, 7) is 2.36. The van der Waals surface area contributed by atoms with Crippen molar-refractivity contribution in [1.29, 1.82) is 0 Å². The lowest BCUT2D eigenvalue weighted by Gasteiger charge is -2.19. The summed E-state index contributed by atoms with van der Waals surface area (Å²) < 4.78 is 71.3. The first-order valence-electron chi connectivity index (χ1n) is 22.7. The highest BCUT2D eigenvalue weighted by Gasteiger charge is 2.42. The number of benzene rings is 3. The fraction of sp³-hybridized carbons (Fsp3) is 0.435. The molecule has 24 heteroatoms. The van der Waals surface area contributed by atoms with Crippen LogP contribution >= 0.6 is 11.8 Å². The highest BCUT2D eigenvalue weighted by atomic mass is 32.2. The number of phenols is 1. The van der Waals surface area contributed by atoms with Gasteiger partial charge in [-0.2, -0.15) is 30.0 Å². The van der Waals surface area contributed by atoms with Crippen LogP contribution in [0.15, 0.2) is 82.8 Å². The summed E-state index contributed by atoms with van der Waals surface area (Å²) in [5.41, 5.74) is 8.49. The number of hydrogen-bond donors (Lipinski definition) is 7. The zero-order chi connectivity index (χ0) is 50.4. The normalized spacial score (nSPS) is 16.8. The van der Waals surface area contributed by atoms with Crippen molar-refractivity contribution < 1.29 is 50.7 Å². The number of halogens is 3. The molecule has 3 heterocycles. The lowest BCUT2D eigenvalue weighted by atomic mass is 10.0. The van der Waals surface area contributed by atoms with Gasteiger partial charge in [0.25, 0.3) is 21.8 Å². The number of nitrogens with one attached hydrogen (secondary N) is 6. The first kappa shape index (κ1) is 52.6. The fourth-order valence-electron chi connectivity index (χ4n) is 7.93. The van der Waals surface area contributed by atoms with Crippen LogP contribution in [-0.4, -0.2) is 95.2 Å². The lowest BCUT2D eigenvalue weighted by molar-refractivity contribution is -0.141. The Hall–Kier alpha value is -6.78. The minimum absolute atomic E-state index is 0.0166. The van der Waals surface area contributed by atoms with E-state index in [0.717, 1.165) is 54.3 Å². The Labute approximate surface area is 406 Å². The molecule has 7 N–H and O–H groups in total. The van der Waals surface area contributed by atoms with Gasteiger partial charge in [-0.1, -0.05) is 42.2 Å². The first-order chi connectivity index (χ1) is 33.4. The van der Waals surface area contributed by atoms with Crippen molar-refractivity contribution in [3.05, 3.63) is 100 Å². The van der Waals surface area contributed by atoms with Crippen molar-refractivity contribution in [2.24, 2.45) is 5.11 Å². The van der Waals surface area contributed by atoms with Crippen LogP contribution in [0.5, 0.6) is 5.75 Å². The van der Waals surface area contributed by atoms with Gasteiger partial charge >= 0.3 is 12.2 Å². The summed E-state index contributed by atoms with van der Waals surface area (Å²) in [6.07, 6.45) is 1.10. The molecular formula is C46H54F3N11O8S2. The third-order valence-corrected chi connectivity index (χ3v) is 14.6. The molecule has 0 aliphatic carbocycles. The molecule has 0 bridgehead atoms. The summed E-state index contributed by atoms with van der Waals surface area (Å²) in [6, 6.07) is 13.9. The summed E-state index contributed by atoms with van der Waals surface area (Å²) in [4.78, 5) is 65.5. The number of aryl methyl sites for hydroxylation is 1. The molecule has 3 aromatic carbocycles. The second-order valence-corrected chi connectivity index (χ2v) is 19.9. The number of thioether (sulfide) groups is 1. The molecule has 6 amide bonds. The number of carbonyl (C=O) groups excluding carboxylic acids is 5. The van der Waals surface area contributed by atoms with Crippen LogP contribution in [0, 0.1) is 6.92 Å². The number of nitrogens with zero attached hydrogens (tertiary/aromatic N) is 5. The van der Waals surface area contributed by atoms with Crippen LogP contribution in [0.3, 0.4) is 0 Å². The minimum atomic E-state index is -4.82. The van der Waals surface area contributed by atoms with E-state index in [-0.39, 0.29) is 89.7 Å². The van der Waals surface area contributed by atoms with E-state index >= 15 is 0 Å². The summed E-state index contributed by atoms with van der Waals surface area (Å²) >= 11 is 1.85. The third-order valence-electron chi connectivity index (χ3n) is 11.8. The van der Waals surface area contributed by atoms with Crippen molar-refractivity contribution in [2.75, 3.05) is 18.8 Å². The zero-order valence-corrected chi connectivity index (χ0v) is 39.8. The molecule has 2 fully saturated rings. The van der Waals surface area contributed by atoms with E-state index in [1.54, 1.807) is 6.92 Å². The highest BCUT2D eigenvalue weighted by Crippen LogP contribution is 2.36. The number of fused-ring (bicyclic) bond motifs is 1. The maximum Gasteiger partial charge on any atom is 0.435 e. The summed E-state index contributed by atoms with van der Waals surface area (Å²) in [5, 5.41) is 32.0. The SMILES string of the molecule is Cc1ccc(-c2cc(C(F)(F)F)nn2-c2ccc(S(=O)(=O)NC(=O)[C@@H](CCCCNC(=O)CCCCCNC(=O)CCCC[C@@H]3SC[C@@H]4NC(=O)N[C@H]43)NC(=O)c3ccc(N=[N+]=[N-])cc3)cc2)cc1O. The van der Waals surface area contributed by atoms with Gasteiger partial charge in [0.15, 0.2) is 5.69 Å². The Bertz CT molecular complexity index is 2680. The van der Waals surface area contributed by atoms with Crippen LogP contribution in [-0.2, 0) is 30.6 Å². The van der Waals surface area contributed by atoms with Gasteiger partial charge in [-0.15, -0.1) is 0 Å². The van der Waals surface area contributed by atoms with E-state index in [1.165, 1.54) is 54.6 Å². The molecule has 70 heavy (non-hydrogen) atoms. The number of phenolic OH excluding ortho intramolecular Hbond substituents is 1. The molecule has 2 aliphatic rings. The number of unbranched alkanes of at least 4 members (excludes halogenated alkanes) is 4. The monoisotopic (exact) mass is 1010 g/mol. The average molecular weight is 1010 g/mol. The topological polar surface area (TPSA) is 278 Å². The van der Waals surface area contributed by atoms with E-state index in [4.69, 9.17) is 5.53 Å². The number of azide groups is 1. The van der Waals surface area contributed by atoms with Crippen molar-refractivity contribution in [3.8, 4) is 22.7 Å². The molecule has 2 aliphatic heterocycles. The predicted octanol–water partition coefficient (Wildman–Crippen LogP) is 6.81. The van der Waals surface area contributed by atoms with E-state index < -0.39 is 44.6 Å². The Balaban J connectivity index is 0.962. The molecule has 19 nitrogen and oxygen atoms in total. The molecule has 4 aromatic rings. The molecule has 2 saturated heterocycles. The van der Waals surface area contributed by atoms with Gasteiger partial charge < -0.3 is 31.7 Å². The van der Waals surface area contributed by atoms with Crippen LogP contribution in [0.4, 0.5) is 23.7 Å². The van der Waals surface area contributed by atoms with Crippen LogP contribution in [0.2, 0.25) is 0 Å². The predicted molar refractivity (Wildman–Crippen MR) is 255 cm³/mol. The number of alkyl halides is 3. The molecule has 374 valence electrons. The molecule has 0 unspecified atom stereocenters. The summed E-state index contributed by atoms with van der Waals surface area (Å²) in [5.74, 6) is -1.28. The molecule has 0 spiro atoms. The smallest absolute Gasteiger partial charge is 0.435 e. The fourth-order valence-corrected chi connectivity index (χ4v) is 10.5. The number of amides is 6. The van der Waals surface area contributed by atoms with Gasteiger partial charge in [0, 0.05) is 58.7 Å². The van der Waals surface area contributed by atoms with Gasteiger partial charge in [0.05, 0.1) is 28.4 Å². The van der Waals surface area contributed by atoms with Gasteiger partial charge in [0.1, 0.15) is 11.8 Å². The lowest BCUT2D eigenvalue weighted by Crippen LogP contribution is -2.48. The number of aromatic hydroxyl groups is 1. The largest absolute Gasteiger partial charge is 0.508 e. The standard InChI is InChI=1S/C46H54F3N11O8S2/c1-28-13-14-30(25-37(28)61)36-26-39(46(47,48)49)57-60(36)32-19-21-33(22-20-32)70(67,68)58-44(65)34(53-43(64)29-15-17-31(18-16-29)56-59-50)9-6-8-24-52-40(62)11-3-2-7-23-51-41(63)12-5-4-10-38-42-35(27-69-38)54-45(66)55-42/h13-22,25-26,34-35,38,42,61H,2-12,23-24,27H2,1H3,(H,51,63)(H,52,62)(H,53,64)(H,58,65)(H2,54,55,66)/t34-,35+,38+,42-/m1/s1. The van der Waals surface area contributed by atoms with E-state index in [1.807, 2.05) is 16.5 Å². The minimum Gasteiger partial charge on any atom is -0.508 e. The quantitative estimate of drug-likeness (QED) is 0.0127. The zero-order valence-electron chi connectivity index (χ0n) is 38.1. The Morgan fingerprint density at radius 3 is 2.24 bits per heavy atom. The van der Waals surface area contributed by atoms with E-state index in [2.05, 4.69) is 41.7 Å². The second-order valence-electron chi connectivity index (χ2n) is 16.9. The number of carbonyl (C=O) groups is 5. The van der Waals surface area contributed by atoms with Gasteiger partial charge in [0.2, 0.25) is 11.8 Å². The first-order valence-corrected chi connectivity index (χ1v) is 25.3. The molecule has 4 atom stereocenters. The Morgan fingerprint density at radius 1 is 0.914 bits per heavy atom. The number of sulfonamides is 1. The number of hydrogen-bond acceptors (Lipinski definition) is 11. The molecule has 6 rings (SSSR count). The molecule has 0 radical (unpaired) electrons. The molecule has 1 aromatic heterocycles. The van der Waals surface area contributed by atoms with Gasteiger partial charge in [-0.25, -0.2) is 22.6 Å². The van der Waals surface area contributed by atoms with Crippen LogP contribution in [0.25, 0.3) is 27.4 Å². The van der Waals surface area contributed by atoms with Crippen molar-refractivity contribution in [1.82, 2.24) is 41.1 Å². The number of urea groups is 1. The summed E-state index contributed by atoms with van der Waals surface area (Å²) in [7, 11) is -4.61. The van der Waals surface area contributed by atoms with E-state index in [0.29, 0.717) is 43.0 Å². The van der Waals surface area contributed by atoms with E-state index in [9.17, 15) is 50.7 Å². The highest BCUT2D eigenvalue weighted by molar-refractivity contribution is 8.00. The molecule has 0 saturated carbocycles. The number of rotatable bonds is 24. The van der Waals surface area contributed by atoms with Crippen molar-refractivity contribution in [3.63, 3.8) is 0 Å². The number of aromatic nitrogens is 2. The maximum absolute atomic E-state index is 13.8. The van der Waals surface area contributed by atoms with Gasteiger partial charge in [-0.3, -0.25) is 19.2 Å². The van der Waals surface area contributed by atoms with Crippen molar-refractivity contribution >= 4 is 57.1 Å².